The molecule has 0 saturated carbocycles. The molecule has 0 saturated heterocycles. The highest BCUT2D eigenvalue weighted by atomic mass is 35.5. The lowest BCUT2D eigenvalue weighted by Gasteiger charge is -2.17. The van der Waals surface area contributed by atoms with Crippen LogP contribution in [0.15, 0.2) is 27.5 Å². The molecule has 9 heteroatoms. The maximum Gasteiger partial charge on any atom is 0.297 e. The normalized spacial score (nSPS) is 12.2. The highest BCUT2D eigenvalue weighted by Crippen LogP contribution is 2.28. The average molecular weight is 391 g/mol. The number of nitrogens with one attached hydrogen (secondary N) is 1. The largest absolute Gasteiger partial charge is 0.495 e. The second-order valence-electron chi connectivity index (χ2n) is 6.06. The van der Waals surface area contributed by atoms with Crippen LogP contribution in [0.2, 0.25) is 5.02 Å². The second-order valence-corrected chi connectivity index (χ2v) is 6.47. The van der Waals surface area contributed by atoms with Gasteiger partial charge in [0.25, 0.3) is 5.56 Å². The predicted octanol–water partition coefficient (Wildman–Crippen LogP) is 3.25. The standard InChI is InChI=1S/C18H19ClN4O4/c1-5-13(17(24)20-11-6-7-14(26-4)12(19)8-11)23-18(25)16-15(9(2)21-23)10(3)27-22-16/h6-8,13H,5H2,1-4H3,(H,20,24)/t13-/m0/s1. The van der Waals surface area contributed by atoms with Crippen LogP contribution in [0, 0.1) is 13.8 Å². The van der Waals surface area contributed by atoms with E-state index >= 15 is 0 Å². The third kappa shape index (κ3) is 3.40. The quantitative estimate of drug-likeness (QED) is 0.717. The van der Waals surface area contributed by atoms with Gasteiger partial charge in [-0.2, -0.15) is 5.10 Å². The van der Waals surface area contributed by atoms with Crippen LogP contribution >= 0.6 is 11.6 Å². The lowest BCUT2D eigenvalue weighted by atomic mass is 10.2. The van der Waals surface area contributed by atoms with E-state index in [1.165, 1.54) is 7.11 Å². The number of ether oxygens (including phenoxy) is 1. The zero-order valence-corrected chi connectivity index (χ0v) is 16.1. The fourth-order valence-corrected chi connectivity index (χ4v) is 3.22. The predicted molar refractivity (Wildman–Crippen MR) is 101 cm³/mol. The van der Waals surface area contributed by atoms with Crippen LogP contribution in [-0.4, -0.2) is 28.0 Å². The average Bonchev–Trinajstić information content (AvgIpc) is 3.02. The maximum atomic E-state index is 12.8. The molecule has 1 atom stereocenters. The molecule has 142 valence electrons. The van der Waals surface area contributed by atoms with Gasteiger partial charge in [-0.15, -0.1) is 0 Å². The second kappa shape index (κ2) is 7.40. The van der Waals surface area contributed by atoms with E-state index in [9.17, 15) is 9.59 Å². The van der Waals surface area contributed by atoms with Gasteiger partial charge in [0.15, 0.2) is 5.52 Å². The summed E-state index contributed by atoms with van der Waals surface area (Å²) in [7, 11) is 1.51. The Kier molecular flexibility index (Phi) is 5.18. The van der Waals surface area contributed by atoms with Crippen molar-refractivity contribution in [1.29, 1.82) is 0 Å². The van der Waals surface area contributed by atoms with Crippen molar-refractivity contribution in [2.24, 2.45) is 0 Å². The Morgan fingerprint density at radius 2 is 2.15 bits per heavy atom. The molecule has 0 aliphatic carbocycles. The summed E-state index contributed by atoms with van der Waals surface area (Å²) in [5, 5.41) is 11.8. The van der Waals surface area contributed by atoms with Crippen LogP contribution < -0.4 is 15.6 Å². The number of anilines is 1. The van der Waals surface area contributed by atoms with Crippen molar-refractivity contribution in [3.63, 3.8) is 0 Å². The van der Waals surface area contributed by atoms with Crippen molar-refractivity contribution >= 4 is 34.1 Å². The Balaban J connectivity index is 1.96. The molecule has 2 aromatic heterocycles. The van der Waals surface area contributed by atoms with Crippen molar-refractivity contribution in [3.05, 3.63) is 45.0 Å². The molecule has 0 spiro atoms. The van der Waals surface area contributed by atoms with Gasteiger partial charge in [0.2, 0.25) is 5.91 Å². The van der Waals surface area contributed by atoms with Crippen LogP contribution in [0.25, 0.3) is 10.9 Å². The minimum atomic E-state index is -0.807. The Morgan fingerprint density at radius 1 is 1.41 bits per heavy atom. The number of hydrogen-bond acceptors (Lipinski definition) is 6. The summed E-state index contributed by atoms with van der Waals surface area (Å²) in [5.41, 5.74) is 0.760. The van der Waals surface area contributed by atoms with E-state index in [-0.39, 0.29) is 11.4 Å². The van der Waals surface area contributed by atoms with Gasteiger partial charge < -0.3 is 14.6 Å². The number of aryl methyl sites for hydroxylation is 2. The molecule has 0 radical (unpaired) electrons. The number of methoxy groups -OCH3 is 1. The number of nitrogens with zero attached hydrogens (tertiary/aromatic N) is 3. The van der Waals surface area contributed by atoms with E-state index in [1.807, 2.05) is 0 Å². The first-order valence-corrected chi connectivity index (χ1v) is 8.75. The molecular weight excluding hydrogens is 372 g/mol. The Bertz CT molecular complexity index is 1070. The number of fused-ring (bicyclic) bond motifs is 1. The summed E-state index contributed by atoms with van der Waals surface area (Å²) in [6, 6.07) is 4.09. The molecule has 0 unspecified atom stereocenters. The molecule has 1 amide bonds. The highest BCUT2D eigenvalue weighted by molar-refractivity contribution is 6.32. The molecule has 2 heterocycles. The molecule has 0 aliphatic rings. The van der Waals surface area contributed by atoms with Crippen molar-refractivity contribution < 1.29 is 14.1 Å². The first-order chi connectivity index (χ1) is 12.9. The number of halogens is 1. The third-order valence-corrected chi connectivity index (χ3v) is 4.59. The molecule has 27 heavy (non-hydrogen) atoms. The number of carbonyl (C=O) groups excluding carboxylic acids is 1. The van der Waals surface area contributed by atoms with Crippen LogP contribution in [-0.2, 0) is 4.79 Å². The van der Waals surface area contributed by atoms with Gasteiger partial charge in [-0.25, -0.2) is 4.68 Å². The number of hydrogen-bond donors (Lipinski definition) is 1. The van der Waals surface area contributed by atoms with Gasteiger partial charge in [0.1, 0.15) is 17.6 Å². The summed E-state index contributed by atoms with van der Waals surface area (Å²) >= 11 is 6.09. The molecule has 3 aromatic rings. The van der Waals surface area contributed by atoms with E-state index in [1.54, 1.807) is 39.0 Å². The molecule has 0 bridgehead atoms. The SMILES string of the molecule is CC[C@@H](C(=O)Nc1ccc(OC)c(Cl)c1)n1nc(C)c2c(C)onc2c1=O. The van der Waals surface area contributed by atoms with Crippen LogP contribution in [0.4, 0.5) is 5.69 Å². The van der Waals surface area contributed by atoms with Gasteiger partial charge in [-0.1, -0.05) is 23.7 Å². The van der Waals surface area contributed by atoms with E-state index in [4.69, 9.17) is 20.9 Å². The zero-order chi connectivity index (χ0) is 19.7. The minimum Gasteiger partial charge on any atom is -0.495 e. The first kappa shape index (κ1) is 18.9. The maximum absolute atomic E-state index is 12.8. The zero-order valence-electron chi connectivity index (χ0n) is 15.4. The smallest absolute Gasteiger partial charge is 0.297 e. The molecule has 0 aliphatic heterocycles. The van der Waals surface area contributed by atoms with Crippen molar-refractivity contribution in [1.82, 2.24) is 14.9 Å². The fourth-order valence-electron chi connectivity index (χ4n) is 2.96. The van der Waals surface area contributed by atoms with Gasteiger partial charge in [0, 0.05) is 5.69 Å². The van der Waals surface area contributed by atoms with Gasteiger partial charge in [-0.3, -0.25) is 9.59 Å². The minimum absolute atomic E-state index is 0.166. The topological polar surface area (TPSA) is 99.2 Å². The van der Waals surface area contributed by atoms with Gasteiger partial charge in [-0.05, 0) is 38.5 Å². The van der Waals surface area contributed by atoms with Crippen LogP contribution in [0.1, 0.15) is 30.8 Å². The lowest BCUT2D eigenvalue weighted by Crippen LogP contribution is -2.35. The molecule has 3 rings (SSSR count). The number of aromatic nitrogens is 3. The van der Waals surface area contributed by atoms with Crippen LogP contribution in [0.5, 0.6) is 5.75 Å². The fraction of sp³-hybridized carbons (Fsp3) is 0.333. The first-order valence-electron chi connectivity index (χ1n) is 8.37. The summed E-state index contributed by atoms with van der Waals surface area (Å²) in [6.45, 7) is 5.26. The number of carbonyl (C=O) groups is 1. The van der Waals surface area contributed by atoms with Crippen molar-refractivity contribution in [2.75, 3.05) is 12.4 Å². The van der Waals surface area contributed by atoms with E-state index < -0.39 is 11.6 Å². The lowest BCUT2D eigenvalue weighted by molar-refractivity contribution is -0.119. The molecule has 0 fully saturated rings. The van der Waals surface area contributed by atoms with E-state index in [2.05, 4.69) is 15.6 Å². The third-order valence-electron chi connectivity index (χ3n) is 4.30. The molecule has 8 nitrogen and oxygen atoms in total. The van der Waals surface area contributed by atoms with Crippen molar-refractivity contribution in [3.8, 4) is 5.75 Å². The Hall–Kier alpha value is -2.87. The highest BCUT2D eigenvalue weighted by Gasteiger charge is 2.25. The monoisotopic (exact) mass is 390 g/mol. The molecule has 1 aromatic carbocycles. The van der Waals surface area contributed by atoms with Crippen LogP contribution in [0.3, 0.4) is 0 Å². The number of benzene rings is 1. The number of amides is 1. The Morgan fingerprint density at radius 3 is 2.78 bits per heavy atom. The number of rotatable bonds is 5. The van der Waals surface area contributed by atoms with Gasteiger partial charge in [0.05, 0.1) is 23.2 Å². The van der Waals surface area contributed by atoms with E-state index in [0.717, 1.165) is 4.68 Å². The molecule has 1 N–H and O–H groups in total. The summed E-state index contributed by atoms with van der Waals surface area (Å²) < 4.78 is 11.4. The summed E-state index contributed by atoms with van der Waals surface area (Å²) in [6.07, 6.45) is 0.365. The molecular formula is C18H19ClN4O4. The van der Waals surface area contributed by atoms with Gasteiger partial charge >= 0.3 is 0 Å². The summed E-state index contributed by atoms with van der Waals surface area (Å²) in [5.74, 6) is 0.638. The summed E-state index contributed by atoms with van der Waals surface area (Å²) in [4.78, 5) is 25.5. The van der Waals surface area contributed by atoms with Crippen molar-refractivity contribution in [2.45, 2.75) is 33.2 Å². The van der Waals surface area contributed by atoms with E-state index in [0.29, 0.717) is 39.7 Å². The Labute approximate surface area is 160 Å².